The van der Waals surface area contributed by atoms with Crippen LogP contribution in [0.3, 0.4) is 0 Å². The first kappa shape index (κ1) is 84.9. The van der Waals surface area contributed by atoms with Crippen molar-refractivity contribution in [2.75, 3.05) is 40.9 Å². The zero-order chi connectivity index (χ0) is 64.2. The van der Waals surface area contributed by atoms with Gasteiger partial charge in [-0.15, -0.1) is 0 Å². The number of phosphoric ester groups is 1. The molecule has 0 aliphatic heterocycles. The standard InChI is InChI=1S/C78H141N2O7P/c1-7-10-13-16-19-22-25-28-30-32-34-36-38-39-40-41-43-44-46-48-50-52-55-58-61-64-67-70-77(81)79-75(74-86-88(83,84)85-73-72-80(4,5)6)76(69-66-63-60-57-54-27-24-21-18-15-12-9-3)87-78(82)71-68-65-62-59-56-53-51-49-47-45-42-37-35-33-31-29-26-23-20-17-14-11-8-2/h11,14,19-20,22-23,28-31,35,37,45,47,66,69,75-76H,7-10,12-13,15-18,21,24-27,32-34,36,38-44,46,48-65,67-68,70-74H2,1-6H3,(H-,79,81,83,84)/p+1/b14-11-,22-19-,23-20-,30-28-,31-29-,37-35-,47-45-,69-66-. The Balaban J connectivity index is 5.02. The molecular weight excluding hydrogens is 1110 g/mol. The zero-order valence-electron chi connectivity index (χ0n) is 58.5. The molecule has 0 aromatic rings. The van der Waals surface area contributed by atoms with Crippen molar-refractivity contribution < 1.29 is 37.3 Å². The van der Waals surface area contributed by atoms with E-state index < -0.39 is 20.0 Å². The van der Waals surface area contributed by atoms with Gasteiger partial charge in [0, 0.05) is 12.8 Å². The fourth-order valence-corrected chi connectivity index (χ4v) is 11.3. The van der Waals surface area contributed by atoms with E-state index in [9.17, 15) is 19.0 Å². The first-order chi connectivity index (χ1) is 42.9. The first-order valence-electron chi connectivity index (χ1n) is 37.1. The normalized spacial score (nSPS) is 14.0. The van der Waals surface area contributed by atoms with Gasteiger partial charge in [-0.05, 0) is 109 Å². The van der Waals surface area contributed by atoms with Gasteiger partial charge in [0.05, 0.1) is 33.8 Å². The number of hydrogen-bond donors (Lipinski definition) is 2. The van der Waals surface area contributed by atoms with Gasteiger partial charge in [0.25, 0.3) is 0 Å². The van der Waals surface area contributed by atoms with Gasteiger partial charge in [-0.3, -0.25) is 18.6 Å². The van der Waals surface area contributed by atoms with Gasteiger partial charge in [0.15, 0.2) is 0 Å². The minimum atomic E-state index is -4.46. The number of nitrogens with one attached hydrogen (secondary N) is 1. The van der Waals surface area contributed by atoms with Crippen molar-refractivity contribution in [2.24, 2.45) is 0 Å². The smallest absolute Gasteiger partial charge is 0.456 e. The Kier molecular flexibility index (Phi) is 64.5. The van der Waals surface area contributed by atoms with E-state index in [2.05, 4.69) is 111 Å². The molecule has 0 aromatic carbocycles. The summed E-state index contributed by atoms with van der Waals surface area (Å²) in [6, 6.07) is -0.858. The molecule has 88 heavy (non-hydrogen) atoms. The highest BCUT2D eigenvalue weighted by Gasteiger charge is 2.30. The summed E-state index contributed by atoms with van der Waals surface area (Å²) >= 11 is 0. The van der Waals surface area contributed by atoms with Crippen LogP contribution < -0.4 is 5.32 Å². The third-order valence-electron chi connectivity index (χ3n) is 16.3. The summed E-state index contributed by atoms with van der Waals surface area (Å²) in [7, 11) is 1.49. The van der Waals surface area contributed by atoms with Crippen molar-refractivity contribution in [3.8, 4) is 0 Å². The number of allylic oxidation sites excluding steroid dienone is 15. The number of likely N-dealkylation sites (N-methyl/N-ethyl adjacent to an activating group) is 1. The molecule has 0 aliphatic carbocycles. The van der Waals surface area contributed by atoms with Gasteiger partial charge < -0.3 is 19.4 Å². The maximum Gasteiger partial charge on any atom is 0.472 e. The Hall–Kier alpha value is -3.07. The maximum atomic E-state index is 13.6. The zero-order valence-corrected chi connectivity index (χ0v) is 59.3. The average molecular weight is 1250 g/mol. The number of phosphoric acid groups is 1. The number of carbonyl (C=O) groups is 2. The molecule has 2 N–H and O–H groups in total. The van der Waals surface area contributed by atoms with Crippen LogP contribution in [-0.4, -0.2) is 74.3 Å². The van der Waals surface area contributed by atoms with Gasteiger partial charge in [-0.2, -0.15) is 0 Å². The van der Waals surface area contributed by atoms with Crippen molar-refractivity contribution in [2.45, 2.75) is 348 Å². The third-order valence-corrected chi connectivity index (χ3v) is 17.2. The van der Waals surface area contributed by atoms with Crippen LogP contribution >= 0.6 is 7.82 Å². The lowest BCUT2D eigenvalue weighted by Crippen LogP contribution is -2.47. The predicted molar refractivity (Wildman–Crippen MR) is 383 cm³/mol. The minimum absolute atomic E-state index is 0.0357. The molecular formula is C78H142N2O7P+. The van der Waals surface area contributed by atoms with Crippen LogP contribution in [0.25, 0.3) is 0 Å². The molecule has 3 unspecified atom stereocenters. The Bertz CT molecular complexity index is 1830. The Morgan fingerprint density at radius 3 is 1.11 bits per heavy atom. The van der Waals surface area contributed by atoms with Gasteiger partial charge >= 0.3 is 13.8 Å². The van der Waals surface area contributed by atoms with Gasteiger partial charge in [-0.1, -0.05) is 311 Å². The molecule has 10 heteroatoms. The van der Waals surface area contributed by atoms with E-state index in [1.165, 1.54) is 193 Å². The molecule has 0 aromatic heterocycles. The SMILES string of the molecule is CC/C=C\C/C=C\C/C=C\C/C=C\C/C=C\CCCCCCCCCC(=O)OC(/C=C\CCCCCCCCCCCC)C(COP(=O)(O)OCC[N+](C)(C)C)NC(=O)CCCCCCCCCCCCCCCCCCC/C=C\C/C=C\CCCCC. The van der Waals surface area contributed by atoms with E-state index in [-0.39, 0.29) is 31.5 Å². The second-order valence-corrected chi connectivity index (χ2v) is 27.5. The van der Waals surface area contributed by atoms with Crippen LogP contribution in [0.15, 0.2) is 97.2 Å². The van der Waals surface area contributed by atoms with Gasteiger partial charge in [-0.25, -0.2) is 4.57 Å². The Morgan fingerprint density at radius 2 is 0.727 bits per heavy atom. The number of hydrogen-bond acceptors (Lipinski definition) is 6. The molecule has 0 spiro atoms. The fraction of sp³-hybridized carbons (Fsp3) is 0.769. The maximum absolute atomic E-state index is 13.6. The van der Waals surface area contributed by atoms with Crippen LogP contribution in [0.4, 0.5) is 0 Å². The highest BCUT2D eigenvalue weighted by molar-refractivity contribution is 7.47. The number of ether oxygens (including phenoxy) is 1. The molecule has 0 fully saturated rings. The minimum Gasteiger partial charge on any atom is -0.456 e. The molecule has 0 bridgehead atoms. The second kappa shape index (κ2) is 66.8. The van der Waals surface area contributed by atoms with Crippen LogP contribution in [0, 0.1) is 0 Å². The van der Waals surface area contributed by atoms with Crippen molar-refractivity contribution in [1.82, 2.24) is 5.32 Å². The monoisotopic (exact) mass is 1250 g/mol. The quantitative estimate of drug-likeness (QED) is 0.0205. The summed E-state index contributed by atoms with van der Waals surface area (Å²) in [6.45, 7) is 6.90. The van der Waals surface area contributed by atoms with Gasteiger partial charge in [0.1, 0.15) is 19.3 Å². The summed E-state index contributed by atoms with van der Waals surface area (Å²) in [4.78, 5) is 38.0. The summed E-state index contributed by atoms with van der Waals surface area (Å²) in [5.74, 6) is -0.510. The molecule has 1 amide bonds. The van der Waals surface area contributed by atoms with E-state index in [0.29, 0.717) is 17.4 Å². The van der Waals surface area contributed by atoms with Crippen LogP contribution in [0.1, 0.15) is 335 Å². The molecule has 0 rings (SSSR count). The van der Waals surface area contributed by atoms with Gasteiger partial charge in [0.2, 0.25) is 5.91 Å². The summed E-state index contributed by atoms with van der Waals surface area (Å²) in [6.07, 6.45) is 91.4. The van der Waals surface area contributed by atoms with E-state index in [4.69, 9.17) is 13.8 Å². The molecule has 3 atom stereocenters. The van der Waals surface area contributed by atoms with E-state index in [1.807, 2.05) is 33.3 Å². The lowest BCUT2D eigenvalue weighted by atomic mass is 10.0. The summed E-state index contributed by atoms with van der Waals surface area (Å²) in [5, 5.41) is 3.07. The van der Waals surface area contributed by atoms with Crippen molar-refractivity contribution >= 4 is 19.7 Å². The van der Waals surface area contributed by atoms with Crippen LogP contribution in [-0.2, 0) is 27.9 Å². The molecule has 0 saturated heterocycles. The number of unbranched alkanes of at least 4 members (excludes halogenated alkanes) is 37. The van der Waals surface area contributed by atoms with E-state index >= 15 is 0 Å². The fourth-order valence-electron chi connectivity index (χ4n) is 10.6. The molecule has 510 valence electrons. The molecule has 0 aliphatic rings. The number of quaternary nitrogens is 1. The third kappa shape index (κ3) is 67.3. The van der Waals surface area contributed by atoms with Crippen LogP contribution in [0.5, 0.6) is 0 Å². The molecule has 0 radical (unpaired) electrons. The number of rotatable bonds is 67. The topological polar surface area (TPSA) is 111 Å². The molecule has 0 heterocycles. The van der Waals surface area contributed by atoms with Crippen molar-refractivity contribution in [3.05, 3.63) is 97.2 Å². The van der Waals surface area contributed by atoms with E-state index in [1.54, 1.807) is 0 Å². The van der Waals surface area contributed by atoms with Crippen molar-refractivity contribution in [1.29, 1.82) is 0 Å². The second-order valence-electron chi connectivity index (χ2n) is 26.1. The lowest BCUT2D eigenvalue weighted by molar-refractivity contribution is -0.870. The highest BCUT2D eigenvalue weighted by Crippen LogP contribution is 2.43. The largest absolute Gasteiger partial charge is 0.472 e. The van der Waals surface area contributed by atoms with Crippen molar-refractivity contribution in [3.63, 3.8) is 0 Å². The van der Waals surface area contributed by atoms with Crippen LogP contribution in [0.2, 0.25) is 0 Å². The number of nitrogens with zero attached hydrogens (tertiary/aromatic N) is 1. The lowest BCUT2D eigenvalue weighted by Gasteiger charge is -2.27. The average Bonchev–Trinajstić information content (AvgIpc) is 3.71. The Morgan fingerprint density at radius 1 is 0.409 bits per heavy atom. The van der Waals surface area contributed by atoms with E-state index in [0.717, 1.165) is 109 Å². The molecule has 0 saturated carbocycles. The number of carbonyl (C=O) groups excluding carboxylic acids is 2. The highest BCUT2D eigenvalue weighted by atomic mass is 31.2. The Labute approximate surface area is 545 Å². The summed E-state index contributed by atoms with van der Waals surface area (Å²) in [5.41, 5.74) is 0. The summed E-state index contributed by atoms with van der Waals surface area (Å²) < 4.78 is 30.9. The predicted octanol–water partition coefficient (Wildman–Crippen LogP) is 23.8. The first-order valence-corrected chi connectivity index (χ1v) is 38.6. The number of amides is 1. The molecule has 9 nitrogen and oxygen atoms in total. The number of esters is 1.